The van der Waals surface area contributed by atoms with Crippen molar-refractivity contribution >= 4 is 5.78 Å². The molecule has 0 radical (unpaired) electrons. The van der Waals surface area contributed by atoms with Gasteiger partial charge in [0.1, 0.15) is 5.78 Å². The fourth-order valence-corrected chi connectivity index (χ4v) is 8.10. The minimum Gasteiger partial charge on any atom is -0.347 e. The summed E-state index contributed by atoms with van der Waals surface area (Å²) in [5.41, 5.74) is 1.54. The van der Waals surface area contributed by atoms with Crippen LogP contribution in [-0.4, -0.2) is 24.8 Å². The van der Waals surface area contributed by atoms with Crippen molar-refractivity contribution in [2.45, 2.75) is 78.4 Å². The van der Waals surface area contributed by atoms with Crippen LogP contribution in [0, 0.1) is 34.0 Å². The van der Waals surface area contributed by atoms with Gasteiger partial charge in [-0.15, -0.1) is 0 Å². The molecular weight excluding hydrogens is 324 g/mol. The van der Waals surface area contributed by atoms with Crippen molar-refractivity contribution in [3.8, 4) is 0 Å². The molecule has 3 nitrogen and oxygen atoms in total. The van der Waals surface area contributed by atoms with E-state index in [0.29, 0.717) is 17.6 Å². The maximum absolute atomic E-state index is 12.6. The summed E-state index contributed by atoms with van der Waals surface area (Å²) in [6.07, 6.45) is 10.2. The molecule has 0 bridgehead atoms. The molecule has 4 aliphatic carbocycles. The minimum absolute atomic E-state index is 0.159. The van der Waals surface area contributed by atoms with Crippen molar-refractivity contribution in [3.05, 3.63) is 11.6 Å². The summed E-state index contributed by atoms with van der Waals surface area (Å²) < 4.78 is 12.5. The van der Waals surface area contributed by atoms with E-state index in [1.807, 2.05) is 0 Å². The molecule has 0 aromatic carbocycles. The fraction of sp³-hybridized carbons (Fsp3) is 0.870. The molecule has 5 unspecified atom stereocenters. The molecule has 5 atom stereocenters. The molecule has 0 N–H and O–H groups in total. The number of Topliss-reactive ketones (excluding diaryl/α,β-unsaturated/α-hetero) is 1. The minimum atomic E-state index is -0.310. The molecule has 0 aromatic rings. The summed E-state index contributed by atoms with van der Waals surface area (Å²) in [5.74, 6) is 2.25. The van der Waals surface area contributed by atoms with Crippen molar-refractivity contribution in [3.63, 3.8) is 0 Å². The normalized spacial score (nSPS) is 48.7. The van der Waals surface area contributed by atoms with Crippen molar-refractivity contribution < 1.29 is 14.3 Å². The topological polar surface area (TPSA) is 35.5 Å². The van der Waals surface area contributed by atoms with Gasteiger partial charge in [0.05, 0.1) is 13.2 Å². The van der Waals surface area contributed by atoms with Gasteiger partial charge in [0, 0.05) is 23.7 Å². The van der Waals surface area contributed by atoms with E-state index in [9.17, 15) is 4.79 Å². The Morgan fingerprint density at radius 1 is 0.962 bits per heavy atom. The Morgan fingerprint density at radius 2 is 1.65 bits per heavy atom. The van der Waals surface area contributed by atoms with Crippen LogP contribution in [0.25, 0.3) is 0 Å². The van der Waals surface area contributed by atoms with Gasteiger partial charge in [-0.2, -0.15) is 0 Å². The summed E-state index contributed by atoms with van der Waals surface area (Å²) in [6.45, 7) is 10.8. The monoisotopic (exact) mass is 358 g/mol. The third-order valence-electron chi connectivity index (χ3n) is 9.50. The van der Waals surface area contributed by atoms with E-state index in [4.69, 9.17) is 9.47 Å². The molecule has 26 heavy (non-hydrogen) atoms. The van der Waals surface area contributed by atoms with E-state index < -0.39 is 0 Å². The zero-order chi connectivity index (χ0) is 18.4. The quantitative estimate of drug-likeness (QED) is 0.578. The van der Waals surface area contributed by atoms with Crippen LogP contribution in [0.1, 0.15) is 72.6 Å². The van der Waals surface area contributed by atoms with Gasteiger partial charge in [-0.25, -0.2) is 0 Å². The SMILES string of the molecule is CC1(C)C(=O)CCC2(C)C1=CCC1C2CCC2(C)C1CCC21OCCO1. The Morgan fingerprint density at radius 3 is 2.38 bits per heavy atom. The average molecular weight is 359 g/mol. The first-order valence-electron chi connectivity index (χ1n) is 10.8. The number of fused-ring (bicyclic) bond motifs is 6. The summed E-state index contributed by atoms with van der Waals surface area (Å²) in [6, 6.07) is 0. The summed E-state index contributed by atoms with van der Waals surface area (Å²) in [7, 11) is 0. The molecule has 3 saturated carbocycles. The highest BCUT2D eigenvalue weighted by Gasteiger charge is 2.67. The first kappa shape index (κ1) is 17.4. The van der Waals surface area contributed by atoms with Crippen LogP contribution < -0.4 is 0 Å². The largest absolute Gasteiger partial charge is 0.347 e. The lowest BCUT2D eigenvalue weighted by atomic mass is 9.45. The second-order valence-electron chi connectivity index (χ2n) is 10.6. The number of ketones is 1. The molecule has 1 saturated heterocycles. The summed E-state index contributed by atoms with van der Waals surface area (Å²) in [5, 5.41) is 0. The van der Waals surface area contributed by atoms with Crippen LogP contribution in [0.5, 0.6) is 0 Å². The number of allylic oxidation sites excluding steroid dienone is 2. The van der Waals surface area contributed by atoms with Gasteiger partial charge in [0.2, 0.25) is 0 Å². The molecule has 1 heterocycles. The number of ether oxygens (including phenoxy) is 2. The highest BCUT2D eigenvalue weighted by atomic mass is 16.7. The maximum atomic E-state index is 12.6. The van der Waals surface area contributed by atoms with E-state index in [0.717, 1.165) is 44.8 Å². The number of rotatable bonds is 0. The molecule has 5 rings (SSSR count). The van der Waals surface area contributed by atoms with Gasteiger partial charge < -0.3 is 9.47 Å². The van der Waals surface area contributed by atoms with Crippen LogP contribution in [0.2, 0.25) is 0 Å². The molecule has 1 spiro atoms. The van der Waals surface area contributed by atoms with Gasteiger partial charge in [-0.1, -0.05) is 25.5 Å². The third kappa shape index (κ3) is 1.90. The van der Waals surface area contributed by atoms with Gasteiger partial charge in [0.15, 0.2) is 5.79 Å². The Balaban J connectivity index is 1.53. The Bertz CT molecular complexity index is 671. The predicted molar refractivity (Wildman–Crippen MR) is 101 cm³/mol. The summed E-state index contributed by atoms with van der Waals surface area (Å²) in [4.78, 5) is 12.6. The Labute approximate surface area is 157 Å². The molecule has 3 heteroatoms. The van der Waals surface area contributed by atoms with Crippen molar-refractivity contribution in [2.24, 2.45) is 34.0 Å². The average Bonchev–Trinajstić information content (AvgIpc) is 3.18. The number of carbonyl (C=O) groups is 1. The van der Waals surface area contributed by atoms with E-state index in [-0.39, 0.29) is 22.0 Å². The van der Waals surface area contributed by atoms with Gasteiger partial charge in [-0.3, -0.25) is 4.79 Å². The molecule has 0 aromatic heterocycles. The molecule has 5 aliphatic rings. The third-order valence-corrected chi connectivity index (χ3v) is 9.50. The number of hydrogen-bond donors (Lipinski definition) is 0. The van der Waals surface area contributed by atoms with Gasteiger partial charge in [0.25, 0.3) is 0 Å². The highest BCUT2D eigenvalue weighted by molar-refractivity contribution is 5.89. The second-order valence-corrected chi connectivity index (χ2v) is 10.6. The Hall–Kier alpha value is -0.670. The van der Waals surface area contributed by atoms with Crippen LogP contribution in [0.3, 0.4) is 0 Å². The lowest BCUT2D eigenvalue weighted by molar-refractivity contribution is -0.242. The van der Waals surface area contributed by atoms with Crippen molar-refractivity contribution in [2.75, 3.05) is 13.2 Å². The standard InChI is InChI=1S/C23H34O3/c1-20(2)18-6-5-15-16(21(18,3)10-9-19(20)24)7-11-22(4)17(15)8-12-23(22)25-13-14-26-23/h6,15-17H,5,7-14H2,1-4H3. The van der Waals surface area contributed by atoms with E-state index in [1.54, 1.807) is 0 Å². The zero-order valence-corrected chi connectivity index (χ0v) is 16.9. The fourth-order valence-electron chi connectivity index (χ4n) is 8.10. The smallest absolute Gasteiger partial charge is 0.174 e. The lowest BCUT2D eigenvalue weighted by Gasteiger charge is -2.60. The second kappa shape index (κ2) is 5.23. The molecule has 1 aliphatic heterocycles. The number of hydrogen-bond acceptors (Lipinski definition) is 3. The zero-order valence-electron chi connectivity index (χ0n) is 16.9. The van der Waals surface area contributed by atoms with E-state index in [1.165, 1.54) is 24.8 Å². The lowest BCUT2D eigenvalue weighted by Crippen LogP contribution is -2.56. The first-order chi connectivity index (χ1) is 12.2. The molecule has 0 amide bonds. The highest BCUT2D eigenvalue weighted by Crippen LogP contribution is 2.69. The van der Waals surface area contributed by atoms with Crippen molar-refractivity contribution in [1.29, 1.82) is 0 Å². The van der Waals surface area contributed by atoms with Gasteiger partial charge >= 0.3 is 0 Å². The van der Waals surface area contributed by atoms with Gasteiger partial charge in [-0.05, 0) is 69.1 Å². The van der Waals surface area contributed by atoms with E-state index >= 15 is 0 Å². The number of carbonyl (C=O) groups excluding carboxylic acids is 1. The predicted octanol–water partition coefficient (Wildman–Crippen LogP) is 4.90. The van der Waals surface area contributed by atoms with E-state index in [2.05, 4.69) is 33.8 Å². The maximum Gasteiger partial charge on any atom is 0.174 e. The first-order valence-corrected chi connectivity index (χ1v) is 10.8. The van der Waals surface area contributed by atoms with Crippen LogP contribution >= 0.6 is 0 Å². The molecule has 4 fully saturated rings. The van der Waals surface area contributed by atoms with Crippen LogP contribution in [0.15, 0.2) is 11.6 Å². The Kier molecular flexibility index (Phi) is 3.50. The summed E-state index contributed by atoms with van der Waals surface area (Å²) >= 11 is 0. The molecular formula is C23H34O3. The van der Waals surface area contributed by atoms with Crippen LogP contribution in [0.4, 0.5) is 0 Å². The van der Waals surface area contributed by atoms with Crippen molar-refractivity contribution in [1.82, 2.24) is 0 Å². The van der Waals surface area contributed by atoms with Crippen LogP contribution in [-0.2, 0) is 14.3 Å². The molecule has 144 valence electrons.